The zero-order valence-corrected chi connectivity index (χ0v) is 17.1. The van der Waals surface area contributed by atoms with Gasteiger partial charge in [-0.2, -0.15) is 0 Å². The summed E-state index contributed by atoms with van der Waals surface area (Å²) in [6, 6.07) is 14.4. The summed E-state index contributed by atoms with van der Waals surface area (Å²) in [5.41, 5.74) is 6.56. The molecule has 5 rings (SSSR count). The van der Waals surface area contributed by atoms with E-state index in [-0.39, 0.29) is 0 Å². The topological polar surface area (TPSA) is 63.2 Å². The molecule has 0 radical (unpaired) electrons. The standard InChI is InChI=1S/C24H23N5O/c1-29-9-7-17-12-23(30-2)22(11-20(17)15-29)28-24-26-14-19-6-5-16(10-21(19)27-24)18-4-3-8-25-13-18/h3-6,8,10-14H,7,9,15H2,1-2H3,(H,26,27,28). The first-order valence-corrected chi connectivity index (χ1v) is 10.0. The van der Waals surface area contributed by atoms with E-state index in [0.717, 1.165) is 53.0 Å². The molecular weight excluding hydrogens is 374 g/mol. The lowest BCUT2D eigenvalue weighted by Gasteiger charge is -2.26. The van der Waals surface area contributed by atoms with Gasteiger partial charge in [-0.25, -0.2) is 9.97 Å². The summed E-state index contributed by atoms with van der Waals surface area (Å²) >= 11 is 0. The number of nitrogens with one attached hydrogen (secondary N) is 1. The van der Waals surface area contributed by atoms with Crippen LogP contribution in [0.2, 0.25) is 0 Å². The van der Waals surface area contributed by atoms with E-state index in [0.29, 0.717) is 5.95 Å². The summed E-state index contributed by atoms with van der Waals surface area (Å²) in [6.07, 6.45) is 6.51. The Morgan fingerprint density at radius 2 is 1.97 bits per heavy atom. The Morgan fingerprint density at radius 1 is 1.03 bits per heavy atom. The van der Waals surface area contributed by atoms with Gasteiger partial charge in [-0.1, -0.05) is 18.2 Å². The largest absolute Gasteiger partial charge is 0.495 e. The predicted octanol–water partition coefficient (Wildman–Crippen LogP) is 4.43. The molecular formula is C24H23N5O. The van der Waals surface area contributed by atoms with E-state index in [1.54, 1.807) is 13.3 Å². The van der Waals surface area contributed by atoms with Gasteiger partial charge in [0.1, 0.15) is 5.75 Å². The Hall–Kier alpha value is -3.51. The van der Waals surface area contributed by atoms with Crippen molar-refractivity contribution in [3.8, 4) is 16.9 Å². The van der Waals surface area contributed by atoms with Crippen molar-refractivity contribution >= 4 is 22.5 Å². The number of aromatic nitrogens is 3. The van der Waals surface area contributed by atoms with E-state index in [4.69, 9.17) is 9.72 Å². The lowest BCUT2D eigenvalue weighted by atomic mass is 9.99. The number of benzene rings is 2. The quantitative estimate of drug-likeness (QED) is 0.550. The van der Waals surface area contributed by atoms with Gasteiger partial charge in [0.05, 0.1) is 18.3 Å². The van der Waals surface area contributed by atoms with Gasteiger partial charge in [-0.3, -0.25) is 4.98 Å². The fraction of sp³-hybridized carbons (Fsp3) is 0.208. The van der Waals surface area contributed by atoms with E-state index in [9.17, 15) is 0 Å². The summed E-state index contributed by atoms with van der Waals surface area (Å²) in [6.45, 7) is 2.00. The van der Waals surface area contributed by atoms with Crippen LogP contribution in [0.5, 0.6) is 5.75 Å². The average molecular weight is 397 g/mol. The summed E-state index contributed by atoms with van der Waals surface area (Å²) in [7, 11) is 3.84. The summed E-state index contributed by atoms with van der Waals surface area (Å²) in [4.78, 5) is 15.8. The third kappa shape index (κ3) is 3.57. The molecule has 0 bridgehead atoms. The van der Waals surface area contributed by atoms with Crippen LogP contribution in [0.15, 0.2) is 61.1 Å². The van der Waals surface area contributed by atoms with Crippen molar-refractivity contribution in [2.75, 3.05) is 26.0 Å². The number of methoxy groups -OCH3 is 1. The van der Waals surface area contributed by atoms with Crippen LogP contribution < -0.4 is 10.1 Å². The Kier molecular flexibility index (Phi) is 4.77. The first-order chi connectivity index (χ1) is 14.7. The number of nitrogens with zero attached hydrogens (tertiary/aromatic N) is 4. The molecule has 0 unspecified atom stereocenters. The highest BCUT2D eigenvalue weighted by molar-refractivity contribution is 5.84. The van der Waals surface area contributed by atoms with Crippen LogP contribution in [0.1, 0.15) is 11.1 Å². The number of hydrogen-bond acceptors (Lipinski definition) is 6. The molecule has 1 aliphatic heterocycles. The molecule has 0 saturated heterocycles. The normalized spacial score (nSPS) is 13.8. The van der Waals surface area contributed by atoms with Gasteiger partial charge in [-0.15, -0.1) is 0 Å². The Balaban J connectivity index is 1.50. The van der Waals surface area contributed by atoms with E-state index in [1.165, 1.54) is 11.1 Å². The highest BCUT2D eigenvalue weighted by Crippen LogP contribution is 2.33. The van der Waals surface area contributed by atoms with Gasteiger partial charge in [0.2, 0.25) is 5.95 Å². The predicted molar refractivity (Wildman–Crippen MR) is 119 cm³/mol. The molecule has 4 aromatic rings. The summed E-state index contributed by atoms with van der Waals surface area (Å²) in [5.74, 6) is 1.36. The first kappa shape index (κ1) is 18.5. The molecule has 2 aromatic carbocycles. The SMILES string of the molecule is COc1cc2c(cc1Nc1ncc3ccc(-c4cccnc4)cc3n1)CN(C)CC2. The maximum Gasteiger partial charge on any atom is 0.227 e. The van der Waals surface area contributed by atoms with Crippen molar-refractivity contribution in [1.82, 2.24) is 19.9 Å². The van der Waals surface area contributed by atoms with Gasteiger partial charge in [0.25, 0.3) is 0 Å². The highest BCUT2D eigenvalue weighted by Gasteiger charge is 2.17. The van der Waals surface area contributed by atoms with Crippen molar-refractivity contribution in [1.29, 1.82) is 0 Å². The lowest BCUT2D eigenvalue weighted by Crippen LogP contribution is -2.26. The van der Waals surface area contributed by atoms with E-state index >= 15 is 0 Å². The van der Waals surface area contributed by atoms with Crippen molar-refractivity contribution in [3.63, 3.8) is 0 Å². The summed E-state index contributed by atoms with van der Waals surface area (Å²) < 4.78 is 5.64. The number of anilines is 2. The average Bonchev–Trinajstić information content (AvgIpc) is 2.78. The maximum atomic E-state index is 5.64. The van der Waals surface area contributed by atoms with Crippen LogP contribution in [0.25, 0.3) is 22.0 Å². The van der Waals surface area contributed by atoms with Crippen LogP contribution in [-0.4, -0.2) is 40.6 Å². The molecule has 6 nitrogen and oxygen atoms in total. The molecule has 150 valence electrons. The van der Waals surface area contributed by atoms with Gasteiger partial charge in [-0.05, 0) is 54.4 Å². The molecule has 0 spiro atoms. The monoisotopic (exact) mass is 397 g/mol. The second kappa shape index (κ2) is 7.72. The zero-order chi connectivity index (χ0) is 20.5. The minimum atomic E-state index is 0.549. The molecule has 1 aliphatic rings. The van der Waals surface area contributed by atoms with Crippen LogP contribution in [-0.2, 0) is 13.0 Å². The third-order valence-corrected chi connectivity index (χ3v) is 5.55. The third-order valence-electron chi connectivity index (χ3n) is 5.55. The van der Waals surface area contributed by atoms with E-state index < -0.39 is 0 Å². The molecule has 2 aromatic heterocycles. The molecule has 0 amide bonds. The highest BCUT2D eigenvalue weighted by atomic mass is 16.5. The van der Waals surface area contributed by atoms with Gasteiger partial charge < -0.3 is 15.0 Å². The number of rotatable bonds is 4. The van der Waals surface area contributed by atoms with Gasteiger partial charge in [0.15, 0.2) is 0 Å². The Morgan fingerprint density at radius 3 is 2.80 bits per heavy atom. The molecule has 0 atom stereocenters. The molecule has 0 aliphatic carbocycles. The summed E-state index contributed by atoms with van der Waals surface area (Å²) in [5, 5.41) is 4.35. The minimum Gasteiger partial charge on any atom is -0.495 e. The van der Waals surface area contributed by atoms with Crippen molar-refractivity contribution < 1.29 is 4.74 Å². The smallest absolute Gasteiger partial charge is 0.227 e. The zero-order valence-electron chi connectivity index (χ0n) is 17.1. The number of pyridine rings is 1. The second-order valence-electron chi connectivity index (χ2n) is 7.64. The van der Waals surface area contributed by atoms with Gasteiger partial charge >= 0.3 is 0 Å². The van der Waals surface area contributed by atoms with Crippen molar-refractivity contribution in [3.05, 3.63) is 72.2 Å². The Labute approximate surface area is 175 Å². The number of ether oxygens (including phenoxy) is 1. The Bertz CT molecular complexity index is 1210. The lowest BCUT2D eigenvalue weighted by molar-refractivity contribution is 0.312. The molecule has 0 fully saturated rings. The van der Waals surface area contributed by atoms with E-state index in [1.807, 2.05) is 30.6 Å². The van der Waals surface area contributed by atoms with Crippen LogP contribution in [0.3, 0.4) is 0 Å². The molecule has 0 saturated carbocycles. The molecule has 3 heterocycles. The fourth-order valence-electron chi connectivity index (χ4n) is 3.91. The second-order valence-corrected chi connectivity index (χ2v) is 7.64. The van der Waals surface area contributed by atoms with Crippen LogP contribution >= 0.6 is 0 Å². The van der Waals surface area contributed by atoms with Crippen molar-refractivity contribution in [2.45, 2.75) is 13.0 Å². The van der Waals surface area contributed by atoms with Crippen molar-refractivity contribution in [2.24, 2.45) is 0 Å². The number of fused-ring (bicyclic) bond motifs is 2. The van der Waals surface area contributed by atoms with Crippen LogP contribution in [0, 0.1) is 0 Å². The van der Waals surface area contributed by atoms with Crippen LogP contribution in [0.4, 0.5) is 11.6 Å². The van der Waals surface area contributed by atoms with Gasteiger partial charge in [0, 0.05) is 42.6 Å². The fourth-order valence-corrected chi connectivity index (χ4v) is 3.91. The van der Waals surface area contributed by atoms with E-state index in [2.05, 4.69) is 51.5 Å². The number of hydrogen-bond donors (Lipinski definition) is 1. The number of likely N-dealkylation sites (N-methyl/N-ethyl adjacent to an activating group) is 1. The molecule has 1 N–H and O–H groups in total. The first-order valence-electron chi connectivity index (χ1n) is 10.0. The molecule has 6 heteroatoms. The molecule has 30 heavy (non-hydrogen) atoms. The maximum absolute atomic E-state index is 5.64. The minimum absolute atomic E-state index is 0.549.